The van der Waals surface area contributed by atoms with Crippen LogP contribution in [0.1, 0.15) is 20.8 Å². The van der Waals surface area contributed by atoms with Crippen LogP contribution in [0.15, 0.2) is 29.6 Å². The molecule has 0 unspecified atom stereocenters. The van der Waals surface area contributed by atoms with Crippen LogP contribution in [0.25, 0.3) is 0 Å². The van der Waals surface area contributed by atoms with Gasteiger partial charge < -0.3 is 10.6 Å². The van der Waals surface area contributed by atoms with Crippen LogP contribution < -0.4 is 5.73 Å². The average molecular weight is 292 g/mol. The summed E-state index contributed by atoms with van der Waals surface area (Å²) in [5, 5.41) is 2.01. The second-order valence-corrected chi connectivity index (χ2v) is 5.76. The van der Waals surface area contributed by atoms with Crippen LogP contribution in [0.5, 0.6) is 0 Å². The number of benzene rings is 1. The molecule has 0 radical (unpaired) electrons. The number of anilines is 1. The predicted octanol–water partition coefficient (Wildman–Crippen LogP) is 3.09. The van der Waals surface area contributed by atoms with Gasteiger partial charge in [-0.3, -0.25) is 4.79 Å². The van der Waals surface area contributed by atoms with Gasteiger partial charge in [0.2, 0.25) is 0 Å². The molecule has 3 nitrogen and oxygen atoms in total. The molecule has 1 amide bonds. The van der Waals surface area contributed by atoms with Gasteiger partial charge in [-0.05, 0) is 36.9 Å². The lowest BCUT2D eigenvalue weighted by molar-refractivity contribution is 0.0796. The highest BCUT2D eigenvalue weighted by atomic mass is 32.1. The zero-order chi connectivity index (χ0) is 14.7. The number of hydrogen-bond donors (Lipinski definition) is 1. The zero-order valence-corrected chi connectivity index (χ0v) is 12.3. The Bertz CT molecular complexity index is 587. The number of nitrogen functional groups attached to an aromatic ring is 1. The molecular weight excluding hydrogens is 275 g/mol. The van der Waals surface area contributed by atoms with Crippen LogP contribution in [-0.2, 0) is 6.42 Å². The van der Waals surface area contributed by atoms with Gasteiger partial charge in [0.1, 0.15) is 5.82 Å². The van der Waals surface area contributed by atoms with Gasteiger partial charge in [0.05, 0.1) is 0 Å². The number of nitrogens with zero attached hydrogens (tertiary/aromatic N) is 1. The van der Waals surface area contributed by atoms with Crippen LogP contribution in [-0.4, -0.2) is 24.4 Å². The molecule has 0 spiro atoms. The van der Waals surface area contributed by atoms with Crippen molar-refractivity contribution in [3.8, 4) is 0 Å². The Morgan fingerprint density at radius 2 is 2.20 bits per heavy atom. The summed E-state index contributed by atoms with van der Waals surface area (Å²) in [6, 6.07) is 6.79. The topological polar surface area (TPSA) is 46.3 Å². The number of rotatable bonds is 4. The van der Waals surface area contributed by atoms with Crippen molar-refractivity contribution < 1.29 is 9.18 Å². The lowest BCUT2D eigenvalue weighted by atomic mass is 10.1. The van der Waals surface area contributed by atoms with Crippen molar-refractivity contribution in [3.05, 3.63) is 51.5 Å². The van der Waals surface area contributed by atoms with Crippen LogP contribution in [0.2, 0.25) is 0 Å². The van der Waals surface area contributed by atoms with E-state index in [1.807, 2.05) is 17.5 Å². The molecule has 0 aliphatic carbocycles. The van der Waals surface area contributed by atoms with E-state index in [9.17, 15) is 9.18 Å². The first kappa shape index (κ1) is 14.5. The number of thiophene rings is 1. The van der Waals surface area contributed by atoms with E-state index < -0.39 is 5.82 Å². The molecule has 106 valence electrons. The summed E-state index contributed by atoms with van der Waals surface area (Å²) in [6.45, 7) is 2.19. The minimum absolute atomic E-state index is 0.216. The largest absolute Gasteiger partial charge is 0.398 e. The highest BCUT2D eigenvalue weighted by Gasteiger charge is 2.15. The molecule has 1 heterocycles. The monoisotopic (exact) mass is 292 g/mol. The summed E-state index contributed by atoms with van der Waals surface area (Å²) in [6.07, 6.45) is 0.795. The number of likely N-dealkylation sites (N-methyl/N-ethyl adjacent to an activating group) is 1. The molecule has 2 rings (SSSR count). The molecular formula is C15H17FN2OS. The molecule has 0 atom stereocenters. The first-order chi connectivity index (χ1) is 9.49. The maximum Gasteiger partial charge on any atom is 0.253 e. The third kappa shape index (κ3) is 3.17. The first-order valence-electron chi connectivity index (χ1n) is 6.32. The van der Waals surface area contributed by atoms with Crippen molar-refractivity contribution in [2.75, 3.05) is 19.3 Å². The molecule has 0 bridgehead atoms. The third-order valence-corrected chi connectivity index (χ3v) is 4.19. The molecule has 1 aromatic carbocycles. The minimum Gasteiger partial charge on any atom is -0.398 e. The molecule has 0 fully saturated rings. The van der Waals surface area contributed by atoms with Gasteiger partial charge in [-0.25, -0.2) is 4.39 Å². The molecule has 1 aromatic heterocycles. The smallest absolute Gasteiger partial charge is 0.253 e. The van der Waals surface area contributed by atoms with Gasteiger partial charge in [0.25, 0.3) is 5.91 Å². The predicted molar refractivity (Wildman–Crippen MR) is 80.5 cm³/mol. The summed E-state index contributed by atoms with van der Waals surface area (Å²) in [4.78, 5) is 15.0. The number of amides is 1. The van der Waals surface area contributed by atoms with Crippen LogP contribution in [0.4, 0.5) is 10.1 Å². The Hall–Kier alpha value is -1.88. The average Bonchev–Trinajstić information content (AvgIpc) is 2.94. The molecule has 0 aliphatic rings. The second-order valence-electron chi connectivity index (χ2n) is 4.73. The normalized spacial score (nSPS) is 10.6. The summed E-state index contributed by atoms with van der Waals surface area (Å²) < 4.78 is 13.6. The van der Waals surface area contributed by atoms with Gasteiger partial charge in [-0.2, -0.15) is 0 Å². The Balaban J connectivity index is 2.06. The molecule has 5 heteroatoms. The second kappa shape index (κ2) is 6.05. The number of carbonyl (C=O) groups excluding carboxylic acids is 1. The van der Waals surface area contributed by atoms with E-state index in [0.29, 0.717) is 23.4 Å². The quantitative estimate of drug-likeness (QED) is 0.880. The van der Waals surface area contributed by atoms with E-state index in [1.54, 1.807) is 30.2 Å². The summed E-state index contributed by atoms with van der Waals surface area (Å²) in [5.41, 5.74) is 6.68. The van der Waals surface area contributed by atoms with Crippen molar-refractivity contribution in [3.63, 3.8) is 0 Å². The molecule has 2 aromatic rings. The Morgan fingerprint density at radius 3 is 2.80 bits per heavy atom. The van der Waals surface area contributed by atoms with Gasteiger partial charge in [-0.15, -0.1) is 11.3 Å². The maximum atomic E-state index is 13.6. The van der Waals surface area contributed by atoms with Gasteiger partial charge in [0, 0.05) is 35.3 Å². The summed E-state index contributed by atoms with van der Waals surface area (Å²) in [5.74, 6) is -0.660. The van der Waals surface area contributed by atoms with E-state index in [0.717, 1.165) is 6.42 Å². The van der Waals surface area contributed by atoms with Crippen molar-refractivity contribution in [2.45, 2.75) is 13.3 Å². The maximum absolute atomic E-state index is 13.6. The Labute approximate surface area is 121 Å². The van der Waals surface area contributed by atoms with Crippen LogP contribution in [0, 0.1) is 12.7 Å². The van der Waals surface area contributed by atoms with E-state index >= 15 is 0 Å². The van der Waals surface area contributed by atoms with Crippen LogP contribution >= 0.6 is 11.3 Å². The van der Waals surface area contributed by atoms with Crippen molar-refractivity contribution in [1.29, 1.82) is 0 Å². The number of nitrogens with two attached hydrogens (primary N) is 1. The van der Waals surface area contributed by atoms with E-state index in [1.165, 1.54) is 17.0 Å². The van der Waals surface area contributed by atoms with Crippen molar-refractivity contribution >= 4 is 22.9 Å². The molecule has 0 saturated carbocycles. The van der Waals surface area contributed by atoms with Crippen molar-refractivity contribution in [2.24, 2.45) is 0 Å². The summed E-state index contributed by atoms with van der Waals surface area (Å²) >= 11 is 1.66. The van der Waals surface area contributed by atoms with Crippen molar-refractivity contribution in [1.82, 2.24) is 4.90 Å². The molecule has 2 N–H and O–H groups in total. The lowest BCUT2D eigenvalue weighted by Gasteiger charge is -2.17. The molecule has 20 heavy (non-hydrogen) atoms. The minimum atomic E-state index is -0.444. The van der Waals surface area contributed by atoms with Crippen LogP contribution in [0.3, 0.4) is 0 Å². The third-order valence-electron chi connectivity index (χ3n) is 3.25. The first-order valence-corrected chi connectivity index (χ1v) is 7.20. The molecule has 0 saturated heterocycles. The highest BCUT2D eigenvalue weighted by Crippen LogP contribution is 2.19. The van der Waals surface area contributed by atoms with E-state index in [2.05, 4.69) is 0 Å². The molecule has 0 aliphatic heterocycles. The lowest BCUT2D eigenvalue weighted by Crippen LogP contribution is -2.29. The van der Waals surface area contributed by atoms with E-state index in [-0.39, 0.29) is 5.91 Å². The number of hydrogen-bond acceptors (Lipinski definition) is 3. The summed E-state index contributed by atoms with van der Waals surface area (Å²) in [7, 11) is 1.71. The Kier molecular flexibility index (Phi) is 4.39. The number of carbonyl (C=O) groups is 1. The van der Waals surface area contributed by atoms with Gasteiger partial charge >= 0.3 is 0 Å². The highest BCUT2D eigenvalue weighted by molar-refractivity contribution is 7.09. The number of halogens is 1. The van der Waals surface area contributed by atoms with Gasteiger partial charge in [0.15, 0.2) is 0 Å². The fourth-order valence-corrected chi connectivity index (χ4v) is 2.58. The SMILES string of the molecule is Cc1c(N)cc(C(=O)N(C)CCc2cccs2)cc1F. The Morgan fingerprint density at radius 1 is 1.45 bits per heavy atom. The fraction of sp³-hybridized carbons (Fsp3) is 0.267. The van der Waals surface area contributed by atoms with E-state index in [4.69, 9.17) is 5.73 Å². The van der Waals surface area contributed by atoms with Gasteiger partial charge in [-0.1, -0.05) is 6.07 Å². The zero-order valence-electron chi connectivity index (χ0n) is 11.5. The fourth-order valence-electron chi connectivity index (χ4n) is 1.88. The standard InChI is InChI=1S/C15H17FN2OS/c1-10-13(16)8-11(9-14(10)17)15(19)18(2)6-5-12-4-3-7-20-12/h3-4,7-9H,5-6,17H2,1-2H3.